The molecule has 0 aliphatic rings. The molecule has 0 saturated heterocycles. The molecule has 2 nitrogen and oxygen atoms in total. The third-order valence-electron chi connectivity index (χ3n) is 1.92. The van der Waals surface area contributed by atoms with E-state index >= 15 is 0 Å². The van der Waals surface area contributed by atoms with Gasteiger partial charge in [0.1, 0.15) is 0 Å². The molecule has 1 N–H and O–H groups in total. The number of hydrogen-bond acceptors (Lipinski definition) is 1. The molecule has 0 aliphatic heterocycles. The van der Waals surface area contributed by atoms with Crippen molar-refractivity contribution in [3.63, 3.8) is 0 Å². The Morgan fingerprint density at radius 2 is 2.13 bits per heavy atom. The molecule has 1 aromatic rings. The Kier molecular flexibility index (Phi) is 4.20. The fraction of sp³-hybridized carbons (Fsp3) is 0.300. The summed E-state index contributed by atoms with van der Waals surface area (Å²) in [5, 5.41) is 8.45. The summed E-state index contributed by atoms with van der Waals surface area (Å²) in [7, 11) is 0. The average Bonchev–Trinajstić information content (AvgIpc) is 2.16. The lowest BCUT2D eigenvalue weighted by Crippen LogP contribution is -1.98. The molecule has 1 aromatic carbocycles. The summed E-state index contributed by atoms with van der Waals surface area (Å²) < 4.78 is 25.3. The van der Waals surface area contributed by atoms with Crippen molar-refractivity contribution < 1.29 is 18.7 Å². The molecule has 0 radical (unpaired) electrons. The second-order valence-electron chi connectivity index (χ2n) is 3.05. The second kappa shape index (κ2) is 5.21. The van der Waals surface area contributed by atoms with Crippen molar-refractivity contribution in [3.8, 4) is 0 Å². The number of aliphatic carboxylic acids is 1. The molecule has 0 unspecified atom stereocenters. The highest BCUT2D eigenvalue weighted by molar-refractivity contribution is 9.10. The molecule has 0 aliphatic carbocycles. The molecule has 0 saturated carbocycles. The van der Waals surface area contributed by atoms with Crippen molar-refractivity contribution >= 4 is 21.9 Å². The zero-order valence-electron chi connectivity index (χ0n) is 7.71. The number of benzene rings is 1. The molecule has 0 fully saturated rings. The van der Waals surface area contributed by atoms with Crippen molar-refractivity contribution in [1.29, 1.82) is 0 Å². The first-order valence-electron chi connectivity index (χ1n) is 4.29. The summed E-state index contributed by atoms with van der Waals surface area (Å²) in [5.41, 5.74) is 0.508. The van der Waals surface area contributed by atoms with Gasteiger partial charge < -0.3 is 5.11 Å². The van der Waals surface area contributed by atoms with E-state index in [2.05, 4.69) is 15.9 Å². The van der Waals surface area contributed by atoms with Crippen LogP contribution in [-0.2, 0) is 11.2 Å². The Hall–Kier alpha value is -0.970. The molecule has 0 heterocycles. The highest BCUT2D eigenvalue weighted by atomic mass is 79.9. The molecule has 0 atom stereocenters. The minimum absolute atomic E-state index is 0.0513. The minimum Gasteiger partial charge on any atom is -0.481 e. The number of rotatable bonds is 4. The minimum atomic E-state index is -2.55. The highest BCUT2D eigenvalue weighted by Gasteiger charge is 2.12. The first-order chi connectivity index (χ1) is 7.00. The van der Waals surface area contributed by atoms with E-state index < -0.39 is 12.4 Å². The zero-order valence-corrected chi connectivity index (χ0v) is 9.30. The van der Waals surface area contributed by atoms with Crippen LogP contribution in [0.25, 0.3) is 0 Å². The van der Waals surface area contributed by atoms with Crippen molar-refractivity contribution in [2.24, 2.45) is 0 Å². The Bertz CT molecular complexity index is 366. The lowest BCUT2D eigenvalue weighted by molar-refractivity contribution is -0.136. The van der Waals surface area contributed by atoms with Crippen LogP contribution in [0, 0.1) is 0 Å². The molecule has 1 rings (SSSR count). The zero-order chi connectivity index (χ0) is 11.4. The van der Waals surface area contributed by atoms with Gasteiger partial charge in [-0.15, -0.1) is 0 Å². The van der Waals surface area contributed by atoms with E-state index in [-0.39, 0.29) is 18.4 Å². The van der Waals surface area contributed by atoms with E-state index in [0.717, 1.165) is 0 Å². The molecular weight excluding hydrogens is 270 g/mol. The number of aryl methyl sites for hydroxylation is 1. The van der Waals surface area contributed by atoms with Crippen LogP contribution < -0.4 is 0 Å². The van der Waals surface area contributed by atoms with Gasteiger partial charge in [0, 0.05) is 16.5 Å². The third kappa shape index (κ3) is 3.58. The predicted octanol–water partition coefficient (Wildman–Crippen LogP) is 3.40. The van der Waals surface area contributed by atoms with Crippen molar-refractivity contribution in [2.75, 3.05) is 0 Å². The van der Waals surface area contributed by atoms with Crippen molar-refractivity contribution in [2.45, 2.75) is 19.3 Å². The molecule has 5 heteroatoms. The van der Waals surface area contributed by atoms with Gasteiger partial charge in [0.05, 0.1) is 0 Å². The Morgan fingerprint density at radius 3 is 2.67 bits per heavy atom. The van der Waals surface area contributed by atoms with E-state index in [1.807, 2.05) is 0 Å². The number of carboxylic acids is 1. The van der Waals surface area contributed by atoms with Crippen LogP contribution in [0.3, 0.4) is 0 Å². The molecule has 82 valence electrons. The molecule has 15 heavy (non-hydrogen) atoms. The number of carboxylic acid groups (broad SMARTS) is 1. The Balaban J connectivity index is 2.83. The fourth-order valence-corrected chi connectivity index (χ4v) is 1.59. The van der Waals surface area contributed by atoms with Crippen LogP contribution in [0.15, 0.2) is 22.7 Å². The number of halogens is 3. The lowest BCUT2D eigenvalue weighted by atomic mass is 10.1. The van der Waals surface area contributed by atoms with Crippen LogP contribution in [0.5, 0.6) is 0 Å². The van der Waals surface area contributed by atoms with Crippen LogP contribution in [0.2, 0.25) is 0 Å². The van der Waals surface area contributed by atoms with Gasteiger partial charge in [-0.05, 0) is 24.1 Å². The highest BCUT2D eigenvalue weighted by Crippen LogP contribution is 2.28. The largest absolute Gasteiger partial charge is 0.481 e. The summed E-state index contributed by atoms with van der Waals surface area (Å²) >= 11 is 3.01. The van der Waals surface area contributed by atoms with Crippen molar-refractivity contribution in [1.82, 2.24) is 0 Å². The molecule has 0 spiro atoms. The van der Waals surface area contributed by atoms with E-state index in [1.54, 1.807) is 6.07 Å². The molecular formula is C10H9BrF2O2. The summed E-state index contributed by atoms with van der Waals surface area (Å²) in [6, 6.07) is 4.48. The van der Waals surface area contributed by atoms with Gasteiger partial charge in [-0.1, -0.05) is 22.0 Å². The molecule has 0 bridgehead atoms. The summed E-state index contributed by atoms with van der Waals surface area (Å²) in [6.45, 7) is 0. The number of hydrogen-bond donors (Lipinski definition) is 1. The second-order valence-corrected chi connectivity index (χ2v) is 3.90. The molecule has 0 aromatic heterocycles. The Morgan fingerprint density at radius 1 is 1.47 bits per heavy atom. The number of alkyl halides is 2. The normalized spacial score (nSPS) is 10.7. The Labute approximate surface area is 94.0 Å². The van der Waals surface area contributed by atoms with Gasteiger partial charge in [0.15, 0.2) is 0 Å². The van der Waals surface area contributed by atoms with Gasteiger partial charge in [-0.25, -0.2) is 8.78 Å². The fourth-order valence-electron chi connectivity index (χ4n) is 1.17. The van der Waals surface area contributed by atoms with Gasteiger partial charge >= 0.3 is 5.97 Å². The van der Waals surface area contributed by atoms with Crippen LogP contribution in [0.1, 0.15) is 24.0 Å². The maximum atomic E-state index is 12.5. The first-order valence-corrected chi connectivity index (χ1v) is 5.08. The van der Waals surface area contributed by atoms with E-state index in [4.69, 9.17) is 5.11 Å². The van der Waals surface area contributed by atoms with Gasteiger partial charge in [0.2, 0.25) is 0 Å². The van der Waals surface area contributed by atoms with Crippen molar-refractivity contribution in [3.05, 3.63) is 33.8 Å². The van der Waals surface area contributed by atoms with Crippen LogP contribution in [0.4, 0.5) is 8.78 Å². The standard InChI is InChI=1S/C10H9BrF2O2/c11-8-3-1-6(2-4-9(14)15)5-7(8)10(12)13/h1,3,5,10H,2,4H2,(H,14,15). The summed E-state index contributed by atoms with van der Waals surface area (Å²) in [5.74, 6) is -0.934. The van der Waals surface area contributed by atoms with E-state index in [9.17, 15) is 13.6 Å². The lowest BCUT2D eigenvalue weighted by Gasteiger charge is -2.06. The van der Waals surface area contributed by atoms with Gasteiger partial charge in [-0.2, -0.15) is 0 Å². The third-order valence-corrected chi connectivity index (χ3v) is 2.65. The van der Waals surface area contributed by atoms with Gasteiger partial charge in [-0.3, -0.25) is 4.79 Å². The summed E-state index contributed by atoms with van der Waals surface area (Å²) in [4.78, 5) is 10.3. The van der Waals surface area contributed by atoms with Gasteiger partial charge in [0.25, 0.3) is 6.43 Å². The SMILES string of the molecule is O=C(O)CCc1ccc(Br)c(C(F)F)c1. The van der Waals surface area contributed by atoms with E-state index in [1.165, 1.54) is 12.1 Å². The maximum absolute atomic E-state index is 12.5. The number of carbonyl (C=O) groups is 1. The average molecular weight is 279 g/mol. The predicted molar refractivity (Wildman–Crippen MR) is 55.1 cm³/mol. The topological polar surface area (TPSA) is 37.3 Å². The smallest absolute Gasteiger partial charge is 0.303 e. The quantitative estimate of drug-likeness (QED) is 0.917. The monoisotopic (exact) mass is 278 g/mol. The summed E-state index contributed by atoms with van der Waals surface area (Å²) in [6.07, 6.45) is -2.34. The van der Waals surface area contributed by atoms with E-state index in [0.29, 0.717) is 10.0 Å². The molecule has 0 amide bonds. The van der Waals surface area contributed by atoms with Crippen LogP contribution >= 0.6 is 15.9 Å². The maximum Gasteiger partial charge on any atom is 0.303 e. The van der Waals surface area contributed by atoms with Crippen LogP contribution in [-0.4, -0.2) is 11.1 Å². The first kappa shape index (κ1) is 12.1.